The fourth-order valence-corrected chi connectivity index (χ4v) is 2.16. The lowest BCUT2D eigenvalue weighted by atomic mass is 10.0. The largest absolute Gasteiger partial charge is 0.488 e. The second kappa shape index (κ2) is 6.39. The average molecular weight is 255 g/mol. The van der Waals surface area contributed by atoms with Crippen molar-refractivity contribution in [3.05, 3.63) is 65.2 Å². The summed E-state index contributed by atoms with van der Waals surface area (Å²) in [5, 5.41) is 0. The Morgan fingerprint density at radius 3 is 2.47 bits per heavy atom. The van der Waals surface area contributed by atoms with Gasteiger partial charge in [-0.15, -0.1) is 0 Å². The van der Waals surface area contributed by atoms with Gasteiger partial charge in [0.25, 0.3) is 0 Å². The van der Waals surface area contributed by atoms with Crippen molar-refractivity contribution in [3.63, 3.8) is 0 Å². The van der Waals surface area contributed by atoms with Crippen LogP contribution in [0.5, 0.6) is 5.75 Å². The summed E-state index contributed by atoms with van der Waals surface area (Å²) in [5.74, 6) is 0.976. The van der Waals surface area contributed by atoms with E-state index in [1.54, 1.807) is 0 Å². The summed E-state index contributed by atoms with van der Waals surface area (Å²) in [4.78, 5) is 0. The van der Waals surface area contributed by atoms with Crippen LogP contribution in [-0.2, 0) is 13.0 Å². The van der Waals surface area contributed by atoms with E-state index in [-0.39, 0.29) is 6.04 Å². The summed E-state index contributed by atoms with van der Waals surface area (Å²) in [6.07, 6.45) is 0.839. The van der Waals surface area contributed by atoms with Crippen molar-refractivity contribution in [2.45, 2.75) is 32.9 Å². The molecule has 0 radical (unpaired) electrons. The van der Waals surface area contributed by atoms with Crippen LogP contribution in [0.4, 0.5) is 0 Å². The van der Waals surface area contributed by atoms with Crippen molar-refractivity contribution in [2.24, 2.45) is 5.73 Å². The molecule has 1 unspecified atom stereocenters. The lowest BCUT2D eigenvalue weighted by Crippen LogP contribution is -2.18. The van der Waals surface area contributed by atoms with E-state index in [0.29, 0.717) is 6.61 Å². The number of ether oxygens (including phenoxy) is 1. The Bertz CT molecular complexity index is 520. The van der Waals surface area contributed by atoms with Crippen LogP contribution in [-0.4, -0.2) is 6.04 Å². The minimum Gasteiger partial charge on any atom is -0.488 e. The maximum atomic E-state index is 6.00. The van der Waals surface area contributed by atoms with Crippen molar-refractivity contribution in [1.29, 1.82) is 0 Å². The van der Waals surface area contributed by atoms with Gasteiger partial charge >= 0.3 is 0 Å². The van der Waals surface area contributed by atoms with E-state index in [0.717, 1.165) is 17.7 Å². The Kier molecular flexibility index (Phi) is 4.58. The highest BCUT2D eigenvalue weighted by molar-refractivity contribution is 5.41. The highest BCUT2D eigenvalue weighted by Gasteiger charge is 2.09. The average Bonchev–Trinajstić information content (AvgIpc) is 2.38. The van der Waals surface area contributed by atoms with Gasteiger partial charge in [0.1, 0.15) is 12.4 Å². The number of benzene rings is 2. The molecule has 0 aromatic heterocycles. The molecular weight excluding hydrogens is 234 g/mol. The zero-order valence-corrected chi connectivity index (χ0v) is 11.6. The molecule has 0 saturated heterocycles. The SMILES string of the molecule is Cc1cccc(CC(C)N)c1OCc1ccccc1. The van der Waals surface area contributed by atoms with Crippen LogP contribution in [0.2, 0.25) is 0 Å². The molecule has 19 heavy (non-hydrogen) atoms. The Morgan fingerprint density at radius 2 is 1.79 bits per heavy atom. The molecule has 2 rings (SSSR count). The Hall–Kier alpha value is -1.80. The zero-order valence-electron chi connectivity index (χ0n) is 11.6. The first kappa shape index (κ1) is 13.6. The Morgan fingerprint density at radius 1 is 1.05 bits per heavy atom. The van der Waals surface area contributed by atoms with Crippen LogP contribution in [0.1, 0.15) is 23.6 Å². The first-order valence-corrected chi connectivity index (χ1v) is 6.67. The minimum absolute atomic E-state index is 0.140. The summed E-state index contributed by atoms with van der Waals surface area (Å²) in [5.41, 5.74) is 9.42. The van der Waals surface area contributed by atoms with Gasteiger partial charge in [-0.2, -0.15) is 0 Å². The molecule has 0 fully saturated rings. The second-order valence-corrected chi connectivity index (χ2v) is 5.02. The Labute approximate surface area is 115 Å². The molecule has 0 aliphatic rings. The molecule has 0 aliphatic carbocycles. The van der Waals surface area contributed by atoms with E-state index in [2.05, 4.69) is 37.3 Å². The highest BCUT2D eigenvalue weighted by Crippen LogP contribution is 2.25. The number of hydrogen-bond donors (Lipinski definition) is 1. The fraction of sp³-hybridized carbons (Fsp3) is 0.294. The van der Waals surface area contributed by atoms with Gasteiger partial charge in [0, 0.05) is 6.04 Å². The van der Waals surface area contributed by atoms with Crippen LogP contribution in [0, 0.1) is 6.92 Å². The van der Waals surface area contributed by atoms with E-state index in [1.165, 1.54) is 11.1 Å². The monoisotopic (exact) mass is 255 g/mol. The maximum Gasteiger partial charge on any atom is 0.125 e. The molecule has 1 atom stereocenters. The molecule has 2 aromatic rings. The molecule has 2 nitrogen and oxygen atoms in total. The van der Waals surface area contributed by atoms with Crippen molar-refractivity contribution in [1.82, 2.24) is 0 Å². The number of rotatable bonds is 5. The lowest BCUT2D eigenvalue weighted by Gasteiger charge is -2.15. The van der Waals surface area contributed by atoms with Crippen LogP contribution in [0.15, 0.2) is 48.5 Å². The molecule has 0 heterocycles. The molecule has 100 valence electrons. The molecule has 0 amide bonds. The second-order valence-electron chi connectivity index (χ2n) is 5.02. The number of para-hydroxylation sites is 1. The quantitative estimate of drug-likeness (QED) is 0.888. The molecule has 0 spiro atoms. The summed E-state index contributed by atoms with van der Waals surface area (Å²) in [6, 6.07) is 16.6. The predicted octanol–water partition coefficient (Wildman–Crippen LogP) is 3.46. The molecule has 0 aliphatic heterocycles. The maximum absolute atomic E-state index is 6.00. The summed E-state index contributed by atoms with van der Waals surface area (Å²) < 4.78 is 6.00. The molecule has 0 saturated carbocycles. The number of aryl methyl sites for hydroxylation is 1. The van der Waals surface area contributed by atoms with Crippen LogP contribution < -0.4 is 10.5 Å². The topological polar surface area (TPSA) is 35.2 Å². The smallest absolute Gasteiger partial charge is 0.125 e. The van der Waals surface area contributed by atoms with Gasteiger partial charge in [-0.05, 0) is 37.0 Å². The normalized spacial score (nSPS) is 12.2. The molecule has 2 aromatic carbocycles. The van der Waals surface area contributed by atoms with E-state index < -0.39 is 0 Å². The van der Waals surface area contributed by atoms with Gasteiger partial charge in [0.05, 0.1) is 0 Å². The van der Waals surface area contributed by atoms with Crippen molar-refractivity contribution in [3.8, 4) is 5.75 Å². The Balaban J connectivity index is 2.14. The summed E-state index contributed by atoms with van der Waals surface area (Å²) >= 11 is 0. The third kappa shape index (κ3) is 3.83. The van der Waals surface area contributed by atoms with Gasteiger partial charge in [-0.3, -0.25) is 0 Å². The molecule has 2 heteroatoms. The van der Waals surface area contributed by atoms with Gasteiger partial charge in [-0.25, -0.2) is 0 Å². The zero-order chi connectivity index (χ0) is 13.7. The summed E-state index contributed by atoms with van der Waals surface area (Å²) in [6.45, 7) is 4.69. The van der Waals surface area contributed by atoms with Crippen LogP contribution >= 0.6 is 0 Å². The summed E-state index contributed by atoms with van der Waals surface area (Å²) in [7, 11) is 0. The number of hydrogen-bond acceptors (Lipinski definition) is 2. The highest BCUT2D eigenvalue weighted by atomic mass is 16.5. The van der Waals surface area contributed by atoms with Crippen molar-refractivity contribution in [2.75, 3.05) is 0 Å². The van der Waals surface area contributed by atoms with Gasteiger partial charge in [0.2, 0.25) is 0 Å². The minimum atomic E-state index is 0.140. The predicted molar refractivity (Wildman–Crippen MR) is 79.3 cm³/mol. The van der Waals surface area contributed by atoms with Crippen molar-refractivity contribution >= 4 is 0 Å². The van der Waals surface area contributed by atoms with E-state index in [9.17, 15) is 0 Å². The first-order chi connectivity index (χ1) is 9.16. The fourth-order valence-electron chi connectivity index (χ4n) is 2.16. The lowest BCUT2D eigenvalue weighted by molar-refractivity contribution is 0.300. The van der Waals surface area contributed by atoms with Gasteiger partial charge in [-0.1, -0.05) is 48.5 Å². The third-order valence-electron chi connectivity index (χ3n) is 3.06. The van der Waals surface area contributed by atoms with Crippen LogP contribution in [0.3, 0.4) is 0 Å². The van der Waals surface area contributed by atoms with Gasteiger partial charge < -0.3 is 10.5 Å². The van der Waals surface area contributed by atoms with Gasteiger partial charge in [0.15, 0.2) is 0 Å². The molecule has 2 N–H and O–H groups in total. The van der Waals surface area contributed by atoms with Crippen molar-refractivity contribution < 1.29 is 4.74 Å². The van der Waals surface area contributed by atoms with E-state index >= 15 is 0 Å². The van der Waals surface area contributed by atoms with E-state index in [1.807, 2.05) is 25.1 Å². The number of nitrogens with two attached hydrogens (primary N) is 1. The van der Waals surface area contributed by atoms with E-state index in [4.69, 9.17) is 10.5 Å². The molecule has 0 bridgehead atoms. The standard InChI is InChI=1S/C17H21NO/c1-13-7-6-10-16(11-14(2)18)17(13)19-12-15-8-4-3-5-9-15/h3-10,14H,11-12,18H2,1-2H3. The molecular formula is C17H21NO. The van der Waals surface area contributed by atoms with Crippen LogP contribution in [0.25, 0.3) is 0 Å². The third-order valence-corrected chi connectivity index (χ3v) is 3.06. The first-order valence-electron chi connectivity index (χ1n) is 6.67.